The molecule has 8 N–H and O–H groups in total. The Morgan fingerprint density at radius 3 is 2.21 bits per heavy atom. The molecule has 1 aliphatic rings. The number of amides is 7. The number of nitrogens with one attached hydrogen (secondary N) is 5. The standard InChI is InChI=1S/C30H43N7O10/c1-16(2)25(36-27(43)22(13-32-14-24(40)41)37-23(39)12-17(3)29(37)45)28(44)35-21(6-5-11-33-30(31)46)26(42)34-20-9-7-19(8-10-20)15-47-18(4)38/h7-10,16-17,21-22,25,32H,5-6,11-15H2,1-4H3,(H,34,42)(H,35,44)(H,36,43)(H,40,41)(H3,31,33,46)/t17?,21-,22-,25-/m0/s1. The first-order valence-corrected chi connectivity index (χ1v) is 15.1. The Kier molecular flexibility index (Phi) is 14.7. The smallest absolute Gasteiger partial charge is 0.317 e. The lowest BCUT2D eigenvalue weighted by Gasteiger charge is -2.30. The Labute approximate surface area is 271 Å². The number of likely N-dealkylation sites (tertiary alicyclic amines) is 1. The van der Waals surface area contributed by atoms with Crippen LogP contribution in [-0.4, -0.2) is 95.3 Å². The summed E-state index contributed by atoms with van der Waals surface area (Å²) >= 11 is 0. The number of nitrogens with two attached hydrogens (primary N) is 1. The van der Waals surface area contributed by atoms with Crippen molar-refractivity contribution in [3.8, 4) is 0 Å². The number of carbonyl (C=O) groups excluding carboxylic acids is 7. The van der Waals surface area contributed by atoms with E-state index >= 15 is 0 Å². The first-order chi connectivity index (χ1) is 22.1. The summed E-state index contributed by atoms with van der Waals surface area (Å²) in [6.07, 6.45) is 0.194. The van der Waals surface area contributed by atoms with Gasteiger partial charge in [0.25, 0.3) is 0 Å². The highest BCUT2D eigenvalue weighted by Crippen LogP contribution is 2.22. The van der Waals surface area contributed by atoms with E-state index in [1.165, 1.54) is 13.8 Å². The number of aliphatic carboxylic acids is 1. The summed E-state index contributed by atoms with van der Waals surface area (Å²) in [6.45, 7) is 5.35. The molecule has 2 rings (SSSR count). The molecule has 1 heterocycles. The van der Waals surface area contributed by atoms with Crippen molar-refractivity contribution in [2.24, 2.45) is 17.6 Å². The van der Waals surface area contributed by atoms with Crippen molar-refractivity contribution < 1.29 is 48.2 Å². The fourth-order valence-electron chi connectivity index (χ4n) is 4.68. The lowest BCUT2D eigenvalue weighted by atomic mass is 10.0. The second-order valence-corrected chi connectivity index (χ2v) is 11.4. The average Bonchev–Trinajstić information content (AvgIpc) is 3.24. The highest BCUT2D eigenvalue weighted by atomic mass is 16.5. The maximum atomic E-state index is 13.6. The molecule has 0 spiro atoms. The number of carbonyl (C=O) groups is 8. The SMILES string of the molecule is CC(=O)OCc1ccc(NC(=O)[C@H](CCCNC(N)=O)NC(=O)[C@@H](NC(=O)[C@H](CNCC(=O)O)N2C(=O)CC(C)C2=O)C(C)C)cc1. The minimum atomic E-state index is -1.43. The third-order valence-electron chi connectivity index (χ3n) is 7.15. The van der Waals surface area contributed by atoms with E-state index in [0.29, 0.717) is 11.3 Å². The van der Waals surface area contributed by atoms with Crippen LogP contribution in [0.25, 0.3) is 0 Å². The fourth-order valence-corrected chi connectivity index (χ4v) is 4.68. The molecular weight excluding hydrogens is 618 g/mol. The summed E-state index contributed by atoms with van der Waals surface area (Å²) < 4.78 is 4.95. The lowest BCUT2D eigenvalue weighted by molar-refractivity contribution is -0.148. The van der Waals surface area contributed by atoms with Crippen molar-refractivity contribution in [1.82, 2.24) is 26.2 Å². The molecule has 0 aromatic heterocycles. The minimum Gasteiger partial charge on any atom is -0.480 e. The number of hydrogen-bond acceptors (Lipinski definition) is 10. The highest BCUT2D eigenvalue weighted by molar-refractivity contribution is 6.07. The zero-order chi connectivity index (χ0) is 35.3. The molecule has 17 nitrogen and oxygen atoms in total. The number of nitrogens with zero attached hydrogens (tertiary/aromatic N) is 1. The second kappa shape index (κ2) is 18.2. The number of anilines is 1. The molecular formula is C30H43N7O10. The van der Waals surface area contributed by atoms with Gasteiger partial charge in [-0.3, -0.25) is 38.5 Å². The first-order valence-electron chi connectivity index (χ1n) is 15.1. The summed E-state index contributed by atoms with van der Waals surface area (Å²) in [5.41, 5.74) is 6.18. The molecule has 4 atom stereocenters. The highest BCUT2D eigenvalue weighted by Gasteiger charge is 2.43. The number of urea groups is 1. The fraction of sp³-hybridized carbons (Fsp3) is 0.533. The average molecular weight is 662 g/mol. The molecule has 1 aliphatic heterocycles. The number of hydrogen-bond donors (Lipinski definition) is 7. The predicted molar refractivity (Wildman–Crippen MR) is 166 cm³/mol. The summed E-state index contributed by atoms with van der Waals surface area (Å²) in [4.78, 5) is 99.7. The molecule has 0 aliphatic carbocycles. The maximum absolute atomic E-state index is 13.6. The topological polar surface area (TPSA) is 255 Å². The van der Waals surface area contributed by atoms with Crippen molar-refractivity contribution >= 4 is 53.2 Å². The number of primary amides is 1. The van der Waals surface area contributed by atoms with Gasteiger partial charge in [0, 0.05) is 38.0 Å². The third kappa shape index (κ3) is 12.3. The van der Waals surface area contributed by atoms with Crippen LogP contribution < -0.4 is 32.3 Å². The van der Waals surface area contributed by atoms with Gasteiger partial charge in [0.05, 0.1) is 6.54 Å². The zero-order valence-corrected chi connectivity index (χ0v) is 26.8. The van der Waals surface area contributed by atoms with Crippen LogP contribution in [0.15, 0.2) is 24.3 Å². The minimum absolute atomic E-state index is 0.0486. The molecule has 1 saturated heterocycles. The van der Waals surface area contributed by atoms with Gasteiger partial charge in [0.2, 0.25) is 29.5 Å². The predicted octanol–water partition coefficient (Wildman–Crippen LogP) is -0.800. The quantitative estimate of drug-likeness (QED) is 0.0582. The Morgan fingerprint density at radius 1 is 1.02 bits per heavy atom. The zero-order valence-electron chi connectivity index (χ0n) is 26.8. The van der Waals surface area contributed by atoms with E-state index in [1.807, 2.05) is 0 Å². The van der Waals surface area contributed by atoms with Gasteiger partial charge in [-0.2, -0.15) is 0 Å². The number of carboxylic acids is 1. The summed E-state index contributed by atoms with van der Waals surface area (Å²) in [5, 5.41) is 21.9. The molecule has 1 unspecified atom stereocenters. The van der Waals surface area contributed by atoms with Crippen LogP contribution >= 0.6 is 0 Å². The van der Waals surface area contributed by atoms with Crippen LogP contribution in [0.1, 0.15) is 52.5 Å². The number of esters is 1. The van der Waals surface area contributed by atoms with Gasteiger partial charge in [0.1, 0.15) is 24.7 Å². The molecule has 0 bridgehead atoms. The van der Waals surface area contributed by atoms with Gasteiger partial charge in [0.15, 0.2) is 0 Å². The van der Waals surface area contributed by atoms with Gasteiger partial charge in [-0.05, 0) is 36.5 Å². The molecule has 0 radical (unpaired) electrons. The number of carboxylic acid groups (broad SMARTS) is 1. The summed E-state index contributed by atoms with van der Waals surface area (Å²) in [5.74, 6) is -6.27. The molecule has 1 aromatic rings. The van der Waals surface area contributed by atoms with Gasteiger partial charge in [-0.15, -0.1) is 0 Å². The molecule has 7 amide bonds. The van der Waals surface area contributed by atoms with Crippen LogP contribution in [0.4, 0.5) is 10.5 Å². The summed E-state index contributed by atoms with van der Waals surface area (Å²) in [7, 11) is 0. The Morgan fingerprint density at radius 2 is 1.68 bits per heavy atom. The third-order valence-corrected chi connectivity index (χ3v) is 7.15. The van der Waals surface area contributed by atoms with E-state index in [4.69, 9.17) is 15.6 Å². The Bertz CT molecular complexity index is 1330. The molecule has 47 heavy (non-hydrogen) atoms. The van der Waals surface area contributed by atoms with E-state index < -0.39 is 84.0 Å². The maximum Gasteiger partial charge on any atom is 0.317 e. The molecule has 258 valence electrons. The van der Waals surface area contributed by atoms with E-state index in [0.717, 1.165) is 4.90 Å². The monoisotopic (exact) mass is 661 g/mol. The number of rotatable bonds is 18. The van der Waals surface area contributed by atoms with Crippen molar-refractivity contribution in [2.75, 3.05) is 25.0 Å². The van der Waals surface area contributed by atoms with Crippen LogP contribution in [-0.2, 0) is 44.9 Å². The Hall–Kier alpha value is -5.06. The van der Waals surface area contributed by atoms with E-state index in [2.05, 4.69) is 26.6 Å². The number of imide groups is 1. The van der Waals surface area contributed by atoms with Crippen molar-refractivity contribution in [1.29, 1.82) is 0 Å². The number of benzene rings is 1. The number of ether oxygens (including phenoxy) is 1. The van der Waals surface area contributed by atoms with Crippen molar-refractivity contribution in [3.05, 3.63) is 29.8 Å². The van der Waals surface area contributed by atoms with Gasteiger partial charge < -0.3 is 42.2 Å². The van der Waals surface area contributed by atoms with Gasteiger partial charge >= 0.3 is 18.0 Å². The molecule has 1 aromatic carbocycles. The molecule has 0 saturated carbocycles. The molecule has 1 fully saturated rings. The normalized spacial score (nSPS) is 16.2. The van der Waals surface area contributed by atoms with E-state index in [1.54, 1.807) is 38.1 Å². The lowest BCUT2D eigenvalue weighted by Crippen LogP contribution is -2.60. The van der Waals surface area contributed by atoms with E-state index in [9.17, 15) is 38.4 Å². The van der Waals surface area contributed by atoms with Crippen LogP contribution in [0.5, 0.6) is 0 Å². The second-order valence-electron chi connectivity index (χ2n) is 11.4. The van der Waals surface area contributed by atoms with E-state index in [-0.39, 0.29) is 39.0 Å². The van der Waals surface area contributed by atoms with Crippen molar-refractivity contribution in [2.45, 2.75) is 71.7 Å². The largest absolute Gasteiger partial charge is 0.480 e. The van der Waals surface area contributed by atoms with Gasteiger partial charge in [-0.25, -0.2) is 4.79 Å². The van der Waals surface area contributed by atoms with Crippen molar-refractivity contribution in [3.63, 3.8) is 0 Å². The van der Waals surface area contributed by atoms with Gasteiger partial charge in [-0.1, -0.05) is 32.9 Å². The van der Waals surface area contributed by atoms with Crippen LogP contribution in [0, 0.1) is 11.8 Å². The van der Waals surface area contributed by atoms with Crippen LogP contribution in [0.2, 0.25) is 0 Å². The summed E-state index contributed by atoms with van der Waals surface area (Å²) in [6, 6.07) is 1.90. The molecule has 17 heteroatoms. The van der Waals surface area contributed by atoms with Crippen LogP contribution in [0.3, 0.4) is 0 Å². The Balaban J connectivity index is 2.22. The first kappa shape index (κ1) is 38.1.